The number of hydrogen-bond donors (Lipinski definition) is 2. The Morgan fingerprint density at radius 1 is 1.00 bits per heavy atom. The first-order valence-corrected chi connectivity index (χ1v) is 10.9. The van der Waals surface area contributed by atoms with Crippen LogP contribution < -0.4 is 25.0 Å². The molecule has 2 amide bonds. The SMILES string of the molecule is COc1cc(OC)cc(C(=O)Nc2ccc(N(C)C)c(C(=O)NCCN3CCOCC3)c2)c1. The minimum absolute atomic E-state index is 0.189. The van der Waals surface area contributed by atoms with E-state index in [0.29, 0.717) is 34.9 Å². The standard InChI is InChI=1S/C24H32N4O5/c1-27(2)22-6-5-18(26-23(29)17-13-19(31-3)16-20(14-17)32-4)15-21(22)24(30)25-7-8-28-9-11-33-12-10-28/h5-6,13-16H,7-12H2,1-4H3,(H,25,30)(H,26,29). The van der Waals surface area contributed by atoms with Crippen molar-refractivity contribution in [2.24, 2.45) is 0 Å². The van der Waals surface area contributed by atoms with Gasteiger partial charge in [-0.25, -0.2) is 0 Å². The summed E-state index contributed by atoms with van der Waals surface area (Å²) in [5, 5.41) is 5.85. The highest BCUT2D eigenvalue weighted by atomic mass is 16.5. The molecule has 33 heavy (non-hydrogen) atoms. The Morgan fingerprint density at radius 3 is 2.27 bits per heavy atom. The highest BCUT2D eigenvalue weighted by Crippen LogP contribution is 2.26. The molecule has 9 heteroatoms. The molecule has 9 nitrogen and oxygen atoms in total. The van der Waals surface area contributed by atoms with E-state index in [4.69, 9.17) is 14.2 Å². The Labute approximate surface area is 194 Å². The summed E-state index contributed by atoms with van der Waals surface area (Å²) < 4.78 is 15.8. The van der Waals surface area contributed by atoms with Gasteiger partial charge in [-0.15, -0.1) is 0 Å². The zero-order chi connectivity index (χ0) is 23.8. The van der Waals surface area contributed by atoms with Gasteiger partial charge in [0.05, 0.1) is 33.0 Å². The minimum Gasteiger partial charge on any atom is -0.497 e. The molecule has 2 aromatic carbocycles. The molecule has 178 valence electrons. The maximum Gasteiger partial charge on any atom is 0.255 e. The molecule has 0 spiro atoms. The fraction of sp³-hybridized carbons (Fsp3) is 0.417. The largest absolute Gasteiger partial charge is 0.497 e. The van der Waals surface area contributed by atoms with Crippen molar-refractivity contribution in [3.05, 3.63) is 47.5 Å². The van der Waals surface area contributed by atoms with E-state index < -0.39 is 0 Å². The van der Waals surface area contributed by atoms with E-state index >= 15 is 0 Å². The number of hydrogen-bond acceptors (Lipinski definition) is 7. The predicted octanol–water partition coefficient (Wildman–Crippen LogP) is 2.08. The molecule has 0 aromatic heterocycles. The number of carbonyl (C=O) groups excluding carboxylic acids is 2. The maximum atomic E-state index is 13.0. The second kappa shape index (κ2) is 11.5. The number of ether oxygens (including phenoxy) is 3. The average molecular weight is 457 g/mol. The molecule has 3 rings (SSSR count). The average Bonchev–Trinajstić information content (AvgIpc) is 2.84. The summed E-state index contributed by atoms with van der Waals surface area (Å²) in [7, 11) is 6.81. The lowest BCUT2D eigenvalue weighted by Gasteiger charge is -2.26. The lowest BCUT2D eigenvalue weighted by atomic mass is 10.1. The van der Waals surface area contributed by atoms with Crippen LogP contribution >= 0.6 is 0 Å². The van der Waals surface area contributed by atoms with Crippen LogP contribution in [0.4, 0.5) is 11.4 Å². The van der Waals surface area contributed by atoms with Gasteiger partial charge in [0.25, 0.3) is 11.8 Å². The number of nitrogens with one attached hydrogen (secondary N) is 2. The van der Waals surface area contributed by atoms with Gasteiger partial charge in [-0.2, -0.15) is 0 Å². The molecule has 0 unspecified atom stereocenters. The molecule has 0 radical (unpaired) electrons. The highest BCUT2D eigenvalue weighted by molar-refractivity contribution is 6.06. The molecule has 1 saturated heterocycles. The Kier molecular flexibility index (Phi) is 8.51. The van der Waals surface area contributed by atoms with Gasteiger partial charge in [-0.1, -0.05) is 0 Å². The molecule has 0 atom stereocenters. The minimum atomic E-state index is -0.330. The molecule has 0 bridgehead atoms. The normalized spacial score (nSPS) is 13.8. The third-order valence-electron chi connectivity index (χ3n) is 5.41. The highest BCUT2D eigenvalue weighted by Gasteiger charge is 2.17. The summed E-state index contributed by atoms with van der Waals surface area (Å²) in [6.07, 6.45) is 0. The summed E-state index contributed by atoms with van der Waals surface area (Å²) in [5.41, 5.74) is 2.16. The topological polar surface area (TPSA) is 92.4 Å². The molecule has 1 fully saturated rings. The van der Waals surface area contributed by atoms with E-state index in [2.05, 4.69) is 15.5 Å². The van der Waals surface area contributed by atoms with Gasteiger partial charge in [-0.3, -0.25) is 14.5 Å². The zero-order valence-corrected chi connectivity index (χ0v) is 19.6. The number of rotatable bonds is 9. The summed E-state index contributed by atoms with van der Waals surface area (Å²) in [6.45, 7) is 4.48. The summed E-state index contributed by atoms with van der Waals surface area (Å²) in [5.74, 6) is 0.514. The van der Waals surface area contributed by atoms with Gasteiger partial charge in [0, 0.05) is 63.3 Å². The fourth-order valence-corrected chi connectivity index (χ4v) is 3.57. The quantitative estimate of drug-likeness (QED) is 0.597. The number of anilines is 2. The lowest BCUT2D eigenvalue weighted by molar-refractivity contribution is 0.0383. The van der Waals surface area contributed by atoms with Crippen molar-refractivity contribution in [3.63, 3.8) is 0 Å². The Morgan fingerprint density at radius 2 is 1.67 bits per heavy atom. The van der Waals surface area contributed by atoms with Gasteiger partial charge in [0.15, 0.2) is 0 Å². The van der Waals surface area contributed by atoms with Crippen LogP contribution in [0.15, 0.2) is 36.4 Å². The number of carbonyl (C=O) groups is 2. The first-order valence-electron chi connectivity index (χ1n) is 10.9. The van der Waals surface area contributed by atoms with Crippen LogP contribution in [0.2, 0.25) is 0 Å². The van der Waals surface area contributed by atoms with Gasteiger partial charge >= 0.3 is 0 Å². The van der Waals surface area contributed by atoms with Crippen molar-refractivity contribution < 1.29 is 23.8 Å². The monoisotopic (exact) mass is 456 g/mol. The van der Waals surface area contributed by atoms with E-state index in [1.54, 1.807) is 30.3 Å². The van der Waals surface area contributed by atoms with E-state index in [1.807, 2.05) is 25.1 Å². The van der Waals surface area contributed by atoms with Crippen LogP contribution in [-0.2, 0) is 4.74 Å². The molecule has 1 aliphatic rings. The third kappa shape index (κ3) is 6.59. The third-order valence-corrected chi connectivity index (χ3v) is 5.41. The van der Waals surface area contributed by atoms with Gasteiger partial charge in [0.2, 0.25) is 0 Å². The summed E-state index contributed by atoms with van der Waals surface area (Å²) in [6, 6.07) is 10.2. The lowest BCUT2D eigenvalue weighted by Crippen LogP contribution is -2.41. The number of benzene rings is 2. The summed E-state index contributed by atoms with van der Waals surface area (Å²) >= 11 is 0. The van der Waals surface area contributed by atoms with Crippen molar-refractivity contribution in [1.82, 2.24) is 10.2 Å². The number of methoxy groups -OCH3 is 2. The number of amides is 2. The van der Waals surface area contributed by atoms with Crippen LogP contribution in [0.5, 0.6) is 11.5 Å². The maximum absolute atomic E-state index is 13.0. The molecule has 1 heterocycles. The van der Waals surface area contributed by atoms with Crippen molar-refractivity contribution in [1.29, 1.82) is 0 Å². The molecule has 2 N–H and O–H groups in total. The Hall–Kier alpha value is -3.30. The first-order chi connectivity index (χ1) is 15.9. The smallest absolute Gasteiger partial charge is 0.255 e. The molecule has 0 saturated carbocycles. The molecule has 0 aliphatic carbocycles. The molecular weight excluding hydrogens is 424 g/mol. The molecule has 1 aliphatic heterocycles. The second-order valence-electron chi connectivity index (χ2n) is 7.89. The van der Waals surface area contributed by atoms with Crippen LogP contribution in [0.3, 0.4) is 0 Å². The van der Waals surface area contributed by atoms with Crippen molar-refractivity contribution >= 4 is 23.2 Å². The summed E-state index contributed by atoms with van der Waals surface area (Å²) in [4.78, 5) is 29.9. The van der Waals surface area contributed by atoms with Crippen molar-refractivity contribution in [2.75, 3.05) is 77.9 Å². The zero-order valence-electron chi connectivity index (χ0n) is 19.6. The molecule has 2 aromatic rings. The second-order valence-corrected chi connectivity index (χ2v) is 7.89. The molecular formula is C24H32N4O5. The van der Waals surface area contributed by atoms with E-state index in [1.165, 1.54) is 14.2 Å². The van der Waals surface area contributed by atoms with Crippen LogP contribution in [0.25, 0.3) is 0 Å². The van der Waals surface area contributed by atoms with Crippen LogP contribution in [-0.4, -0.2) is 84.4 Å². The van der Waals surface area contributed by atoms with E-state index in [-0.39, 0.29) is 11.8 Å². The predicted molar refractivity (Wildman–Crippen MR) is 128 cm³/mol. The number of morpholine rings is 1. The Balaban J connectivity index is 1.72. The van der Waals surface area contributed by atoms with Crippen LogP contribution in [0, 0.1) is 0 Å². The number of nitrogens with zero attached hydrogens (tertiary/aromatic N) is 2. The van der Waals surface area contributed by atoms with Crippen molar-refractivity contribution in [3.8, 4) is 11.5 Å². The first kappa shape index (κ1) is 24.3. The Bertz CT molecular complexity index is 951. The van der Waals surface area contributed by atoms with Crippen molar-refractivity contribution in [2.45, 2.75) is 0 Å². The van der Waals surface area contributed by atoms with Gasteiger partial charge in [-0.05, 0) is 30.3 Å². The van der Waals surface area contributed by atoms with Gasteiger partial charge < -0.3 is 29.7 Å². The van der Waals surface area contributed by atoms with Gasteiger partial charge in [0.1, 0.15) is 11.5 Å². The fourth-order valence-electron chi connectivity index (χ4n) is 3.57. The van der Waals surface area contributed by atoms with Crippen LogP contribution in [0.1, 0.15) is 20.7 Å². The van der Waals surface area contributed by atoms with E-state index in [9.17, 15) is 9.59 Å². The van der Waals surface area contributed by atoms with E-state index in [0.717, 1.165) is 38.5 Å².